The highest BCUT2D eigenvalue weighted by Gasteiger charge is 2.43. The normalized spacial score (nSPS) is 22.0. The number of rotatable bonds is 3. The zero-order chi connectivity index (χ0) is 18.5. The molecule has 0 saturated carbocycles. The van der Waals surface area contributed by atoms with Crippen molar-refractivity contribution >= 4 is 34.2 Å². The van der Waals surface area contributed by atoms with Crippen LogP contribution in [0.1, 0.15) is 22.4 Å². The van der Waals surface area contributed by atoms with E-state index < -0.39 is 0 Å². The second-order valence-electron chi connectivity index (χ2n) is 7.29. The second-order valence-corrected chi connectivity index (χ2v) is 8.35. The van der Waals surface area contributed by atoms with E-state index in [0.29, 0.717) is 17.5 Å². The Morgan fingerprint density at radius 3 is 2.63 bits per heavy atom. The van der Waals surface area contributed by atoms with E-state index >= 15 is 0 Å². The van der Waals surface area contributed by atoms with Gasteiger partial charge in [-0.25, -0.2) is 19.9 Å². The minimum absolute atomic E-state index is 0.0615. The van der Waals surface area contributed by atoms with E-state index in [4.69, 9.17) is 0 Å². The van der Waals surface area contributed by atoms with Gasteiger partial charge in [-0.2, -0.15) is 0 Å². The van der Waals surface area contributed by atoms with Gasteiger partial charge in [0.2, 0.25) is 0 Å². The molecule has 2 atom stereocenters. The molecule has 2 aliphatic heterocycles. The van der Waals surface area contributed by atoms with Gasteiger partial charge in [-0.05, 0) is 13.8 Å². The maximum Gasteiger partial charge on any atom is 0.273 e. The number of hydrogen-bond donors (Lipinski definition) is 0. The maximum absolute atomic E-state index is 12.7. The van der Waals surface area contributed by atoms with Crippen LogP contribution in [0, 0.1) is 18.8 Å². The third-order valence-electron chi connectivity index (χ3n) is 5.63. The Bertz CT molecular complexity index is 998. The number of aromatic nitrogens is 5. The first-order chi connectivity index (χ1) is 13.1. The van der Waals surface area contributed by atoms with Crippen molar-refractivity contribution in [3.05, 3.63) is 28.7 Å². The van der Waals surface area contributed by atoms with Crippen molar-refractivity contribution in [2.24, 2.45) is 11.8 Å². The monoisotopic (exact) mass is 383 g/mol. The number of thiazole rings is 1. The molecule has 0 radical (unpaired) electrons. The molecule has 0 spiro atoms. The zero-order valence-electron chi connectivity index (χ0n) is 15.4. The molecule has 9 heteroatoms. The number of carbonyl (C=O) groups excluding carboxylic acids is 1. The lowest BCUT2D eigenvalue weighted by atomic mass is 10.0. The summed E-state index contributed by atoms with van der Waals surface area (Å²) in [4.78, 5) is 34.7. The third-order valence-corrected chi connectivity index (χ3v) is 6.41. The van der Waals surface area contributed by atoms with Crippen LogP contribution in [-0.4, -0.2) is 61.5 Å². The first kappa shape index (κ1) is 16.6. The standard InChI is InChI=1S/C18H21N7OS/c1-3-23-10-21-15-16(23)19-9-20-17(15)24-4-12-6-25(7-13(12)5-24)18(26)14-8-27-11(2)22-14/h8-10,12-13H,3-7H2,1-2H3. The SMILES string of the molecule is CCn1cnc2c(N3CC4CN(C(=O)c5csc(C)n5)CC4C3)ncnc21. The number of fused-ring (bicyclic) bond motifs is 2. The van der Waals surface area contributed by atoms with Crippen LogP contribution < -0.4 is 4.90 Å². The van der Waals surface area contributed by atoms with Crippen molar-refractivity contribution in [3.63, 3.8) is 0 Å². The fraction of sp³-hybridized carbons (Fsp3) is 0.500. The molecule has 0 aromatic carbocycles. The van der Waals surface area contributed by atoms with Gasteiger partial charge >= 0.3 is 0 Å². The topological polar surface area (TPSA) is 80.0 Å². The van der Waals surface area contributed by atoms with E-state index in [2.05, 4.69) is 31.8 Å². The molecule has 5 heterocycles. The maximum atomic E-state index is 12.7. The fourth-order valence-electron chi connectivity index (χ4n) is 4.29. The van der Waals surface area contributed by atoms with Crippen LogP contribution in [-0.2, 0) is 6.54 Å². The highest BCUT2D eigenvalue weighted by Crippen LogP contribution is 2.35. The van der Waals surface area contributed by atoms with E-state index in [-0.39, 0.29) is 5.91 Å². The molecule has 0 aliphatic carbocycles. The Balaban J connectivity index is 1.33. The van der Waals surface area contributed by atoms with Gasteiger partial charge in [0, 0.05) is 49.9 Å². The summed E-state index contributed by atoms with van der Waals surface area (Å²) in [7, 11) is 0. The van der Waals surface area contributed by atoms with E-state index in [9.17, 15) is 4.79 Å². The van der Waals surface area contributed by atoms with Gasteiger partial charge in [0.1, 0.15) is 12.0 Å². The molecule has 140 valence electrons. The van der Waals surface area contributed by atoms with Crippen LogP contribution in [0.25, 0.3) is 11.2 Å². The van der Waals surface area contributed by atoms with Crippen LogP contribution in [0.15, 0.2) is 18.0 Å². The van der Waals surface area contributed by atoms with E-state index in [1.54, 1.807) is 6.33 Å². The minimum Gasteiger partial charge on any atom is -0.354 e. The Hall–Kier alpha value is -2.55. The number of likely N-dealkylation sites (tertiary alicyclic amines) is 1. The summed E-state index contributed by atoms with van der Waals surface area (Å²) in [5, 5.41) is 2.79. The minimum atomic E-state index is 0.0615. The summed E-state index contributed by atoms with van der Waals surface area (Å²) in [5.41, 5.74) is 2.33. The predicted molar refractivity (Wildman–Crippen MR) is 103 cm³/mol. The lowest BCUT2D eigenvalue weighted by molar-refractivity contribution is 0.0777. The fourth-order valence-corrected chi connectivity index (χ4v) is 4.87. The van der Waals surface area contributed by atoms with Crippen LogP contribution in [0.3, 0.4) is 0 Å². The molecule has 2 unspecified atom stereocenters. The molecule has 0 N–H and O–H groups in total. The average molecular weight is 383 g/mol. The van der Waals surface area contributed by atoms with E-state index in [1.165, 1.54) is 11.3 Å². The zero-order valence-corrected chi connectivity index (χ0v) is 16.2. The smallest absolute Gasteiger partial charge is 0.273 e. The molecule has 3 aromatic rings. The molecule has 3 aromatic heterocycles. The number of aryl methyl sites for hydroxylation is 2. The van der Waals surface area contributed by atoms with Gasteiger partial charge in [-0.3, -0.25) is 4.79 Å². The van der Waals surface area contributed by atoms with Gasteiger partial charge in [-0.15, -0.1) is 11.3 Å². The highest BCUT2D eigenvalue weighted by molar-refractivity contribution is 7.09. The van der Waals surface area contributed by atoms with Gasteiger partial charge in [-0.1, -0.05) is 0 Å². The summed E-state index contributed by atoms with van der Waals surface area (Å²) in [6.45, 7) is 8.22. The number of amides is 1. The lowest BCUT2D eigenvalue weighted by Crippen LogP contribution is -2.33. The number of anilines is 1. The summed E-state index contributed by atoms with van der Waals surface area (Å²) in [6, 6.07) is 0. The Morgan fingerprint density at radius 2 is 1.96 bits per heavy atom. The van der Waals surface area contributed by atoms with Crippen molar-refractivity contribution in [1.82, 2.24) is 29.4 Å². The van der Waals surface area contributed by atoms with Gasteiger partial charge < -0.3 is 14.4 Å². The Morgan fingerprint density at radius 1 is 1.19 bits per heavy atom. The molecular weight excluding hydrogens is 362 g/mol. The van der Waals surface area contributed by atoms with Crippen LogP contribution in [0.4, 0.5) is 5.82 Å². The van der Waals surface area contributed by atoms with Crippen molar-refractivity contribution in [2.45, 2.75) is 20.4 Å². The van der Waals surface area contributed by atoms with Gasteiger partial charge in [0.15, 0.2) is 17.0 Å². The average Bonchev–Trinajstić information content (AvgIpc) is 3.42. The highest BCUT2D eigenvalue weighted by atomic mass is 32.1. The van der Waals surface area contributed by atoms with Gasteiger partial charge in [0.05, 0.1) is 11.3 Å². The Labute approximate surface area is 160 Å². The van der Waals surface area contributed by atoms with Crippen molar-refractivity contribution in [2.75, 3.05) is 31.1 Å². The summed E-state index contributed by atoms with van der Waals surface area (Å²) < 4.78 is 2.04. The summed E-state index contributed by atoms with van der Waals surface area (Å²) >= 11 is 1.53. The number of nitrogens with zero attached hydrogens (tertiary/aromatic N) is 7. The molecule has 0 bridgehead atoms. The molecule has 1 amide bonds. The number of hydrogen-bond acceptors (Lipinski definition) is 7. The van der Waals surface area contributed by atoms with Crippen LogP contribution in [0.5, 0.6) is 0 Å². The van der Waals surface area contributed by atoms with Crippen LogP contribution >= 0.6 is 11.3 Å². The number of imidazole rings is 1. The molecule has 5 rings (SSSR count). The summed E-state index contributed by atoms with van der Waals surface area (Å²) in [6.07, 6.45) is 3.45. The van der Waals surface area contributed by atoms with E-state index in [0.717, 1.165) is 54.7 Å². The second kappa shape index (κ2) is 6.26. The van der Waals surface area contributed by atoms with Gasteiger partial charge in [0.25, 0.3) is 5.91 Å². The number of carbonyl (C=O) groups is 1. The van der Waals surface area contributed by atoms with Crippen molar-refractivity contribution in [3.8, 4) is 0 Å². The summed E-state index contributed by atoms with van der Waals surface area (Å²) in [5.74, 6) is 1.90. The largest absolute Gasteiger partial charge is 0.354 e. The molecule has 2 saturated heterocycles. The van der Waals surface area contributed by atoms with Crippen molar-refractivity contribution < 1.29 is 4.79 Å². The Kier molecular flexibility index (Phi) is 3.85. The molecular formula is C18H21N7OS. The quantitative estimate of drug-likeness (QED) is 0.686. The van der Waals surface area contributed by atoms with Crippen molar-refractivity contribution in [1.29, 1.82) is 0 Å². The lowest BCUT2D eigenvalue weighted by Gasteiger charge is -2.22. The molecule has 27 heavy (non-hydrogen) atoms. The molecule has 8 nitrogen and oxygen atoms in total. The third kappa shape index (κ3) is 2.68. The first-order valence-corrected chi connectivity index (χ1v) is 10.1. The molecule has 2 aliphatic rings. The first-order valence-electron chi connectivity index (χ1n) is 9.26. The molecule has 2 fully saturated rings. The van der Waals surface area contributed by atoms with E-state index in [1.807, 2.05) is 28.1 Å². The predicted octanol–water partition coefficient (Wildman–Crippen LogP) is 1.82. The van der Waals surface area contributed by atoms with Crippen LogP contribution in [0.2, 0.25) is 0 Å².